The Morgan fingerprint density at radius 2 is 2.40 bits per heavy atom. The monoisotopic (exact) mass is 246 g/mol. The number of pyridine rings is 1. The average Bonchev–Trinajstić information content (AvgIpc) is 2.36. The minimum Gasteiger partial charge on any atom is -0.307 e. The van der Waals surface area contributed by atoms with Crippen molar-refractivity contribution >= 4 is 22.6 Å². The first-order valence-corrected chi connectivity index (χ1v) is 4.29. The number of nitrogens with zero attached hydrogens (tertiary/aromatic N) is 1. The van der Waals surface area contributed by atoms with E-state index in [4.69, 9.17) is 0 Å². The SMILES string of the molecule is Ic1ccnc2c1CNC2. The van der Waals surface area contributed by atoms with E-state index in [2.05, 4.69) is 32.9 Å². The minimum absolute atomic E-state index is 0.937. The molecule has 2 heterocycles. The van der Waals surface area contributed by atoms with Gasteiger partial charge >= 0.3 is 0 Å². The Balaban J connectivity index is 2.59. The van der Waals surface area contributed by atoms with Crippen LogP contribution >= 0.6 is 22.6 Å². The number of halogens is 1. The second-order valence-corrected chi connectivity index (χ2v) is 3.48. The molecule has 1 aliphatic heterocycles. The Morgan fingerprint density at radius 1 is 1.50 bits per heavy atom. The fraction of sp³-hybridized carbons (Fsp3) is 0.286. The summed E-state index contributed by atoms with van der Waals surface area (Å²) < 4.78 is 1.33. The van der Waals surface area contributed by atoms with Crippen LogP contribution in [0.5, 0.6) is 0 Å². The second kappa shape index (κ2) is 2.47. The van der Waals surface area contributed by atoms with E-state index in [1.165, 1.54) is 14.8 Å². The summed E-state index contributed by atoms with van der Waals surface area (Å²) in [5.41, 5.74) is 2.59. The van der Waals surface area contributed by atoms with Gasteiger partial charge in [-0.25, -0.2) is 0 Å². The molecule has 1 aromatic heterocycles. The van der Waals surface area contributed by atoms with E-state index < -0.39 is 0 Å². The number of fused-ring (bicyclic) bond motifs is 1. The highest BCUT2D eigenvalue weighted by Gasteiger charge is 2.12. The van der Waals surface area contributed by atoms with Crippen molar-refractivity contribution in [3.05, 3.63) is 27.1 Å². The van der Waals surface area contributed by atoms with E-state index >= 15 is 0 Å². The molecule has 0 fully saturated rings. The molecule has 2 rings (SSSR count). The van der Waals surface area contributed by atoms with Gasteiger partial charge in [0.15, 0.2) is 0 Å². The van der Waals surface area contributed by atoms with Crippen LogP contribution < -0.4 is 5.32 Å². The summed E-state index contributed by atoms with van der Waals surface area (Å²) in [6.07, 6.45) is 1.87. The molecule has 10 heavy (non-hydrogen) atoms. The van der Waals surface area contributed by atoms with Crippen LogP contribution in [0.25, 0.3) is 0 Å². The first-order chi connectivity index (χ1) is 4.88. The van der Waals surface area contributed by atoms with Crippen molar-refractivity contribution in [1.82, 2.24) is 10.3 Å². The smallest absolute Gasteiger partial charge is 0.0597 e. The lowest BCUT2D eigenvalue weighted by Gasteiger charge is -1.96. The lowest BCUT2D eigenvalue weighted by molar-refractivity contribution is 0.757. The van der Waals surface area contributed by atoms with Gasteiger partial charge in [0.1, 0.15) is 0 Å². The van der Waals surface area contributed by atoms with Crippen LogP contribution in [0.4, 0.5) is 0 Å². The number of hydrogen-bond acceptors (Lipinski definition) is 2. The van der Waals surface area contributed by atoms with Gasteiger partial charge in [-0.05, 0) is 28.7 Å². The number of hydrogen-bond donors (Lipinski definition) is 1. The van der Waals surface area contributed by atoms with Crippen molar-refractivity contribution in [1.29, 1.82) is 0 Å². The standard InChI is InChI=1S/C7H7IN2/c8-6-1-2-10-7-4-9-3-5(6)7/h1-2,9H,3-4H2. The average molecular weight is 246 g/mol. The maximum absolute atomic E-state index is 4.25. The van der Waals surface area contributed by atoms with Crippen LogP contribution in [-0.4, -0.2) is 4.98 Å². The number of rotatable bonds is 0. The minimum atomic E-state index is 0.937. The Morgan fingerprint density at radius 3 is 3.20 bits per heavy atom. The van der Waals surface area contributed by atoms with Crippen molar-refractivity contribution in [2.75, 3.05) is 0 Å². The molecule has 1 N–H and O–H groups in total. The van der Waals surface area contributed by atoms with Crippen molar-refractivity contribution in [3.8, 4) is 0 Å². The van der Waals surface area contributed by atoms with Gasteiger partial charge in [0.05, 0.1) is 5.69 Å². The quantitative estimate of drug-likeness (QED) is 0.697. The van der Waals surface area contributed by atoms with Crippen LogP contribution in [-0.2, 0) is 13.1 Å². The van der Waals surface area contributed by atoms with Gasteiger partial charge in [-0.2, -0.15) is 0 Å². The number of aromatic nitrogens is 1. The highest BCUT2D eigenvalue weighted by Crippen LogP contribution is 2.18. The topological polar surface area (TPSA) is 24.9 Å². The maximum atomic E-state index is 4.25. The zero-order valence-electron chi connectivity index (χ0n) is 5.39. The highest BCUT2D eigenvalue weighted by atomic mass is 127. The van der Waals surface area contributed by atoms with Crippen molar-refractivity contribution in [2.24, 2.45) is 0 Å². The largest absolute Gasteiger partial charge is 0.307 e. The van der Waals surface area contributed by atoms with Crippen LogP contribution in [0, 0.1) is 3.57 Å². The maximum Gasteiger partial charge on any atom is 0.0597 e. The van der Waals surface area contributed by atoms with Crippen molar-refractivity contribution < 1.29 is 0 Å². The third-order valence-electron chi connectivity index (χ3n) is 1.68. The summed E-state index contributed by atoms with van der Waals surface area (Å²) >= 11 is 2.35. The third-order valence-corrected chi connectivity index (χ3v) is 2.69. The first-order valence-electron chi connectivity index (χ1n) is 3.21. The summed E-state index contributed by atoms with van der Waals surface area (Å²) in [5.74, 6) is 0. The molecule has 0 aromatic carbocycles. The van der Waals surface area contributed by atoms with E-state index in [-0.39, 0.29) is 0 Å². The molecule has 0 saturated heterocycles. The molecule has 2 nitrogen and oxygen atoms in total. The molecule has 0 amide bonds. The van der Waals surface area contributed by atoms with Gasteiger partial charge in [0.25, 0.3) is 0 Å². The summed E-state index contributed by atoms with van der Waals surface area (Å²) in [6.45, 7) is 1.92. The molecule has 0 bridgehead atoms. The Kier molecular flexibility index (Phi) is 1.61. The Hall–Kier alpha value is -0.160. The zero-order chi connectivity index (χ0) is 6.97. The van der Waals surface area contributed by atoms with E-state index in [9.17, 15) is 0 Å². The molecule has 0 aliphatic carbocycles. The van der Waals surface area contributed by atoms with Crippen molar-refractivity contribution in [3.63, 3.8) is 0 Å². The summed E-state index contributed by atoms with van der Waals surface area (Å²) in [7, 11) is 0. The molecule has 1 aliphatic rings. The van der Waals surface area contributed by atoms with Crippen LogP contribution in [0.15, 0.2) is 12.3 Å². The highest BCUT2D eigenvalue weighted by molar-refractivity contribution is 14.1. The third kappa shape index (κ3) is 0.932. The molecular formula is C7H7IN2. The molecule has 0 spiro atoms. The summed E-state index contributed by atoms with van der Waals surface area (Å²) in [4.78, 5) is 4.25. The normalized spacial score (nSPS) is 15.3. The molecular weight excluding hydrogens is 239 g/mol. The van der Waals surface area contributed by atoms with E-state index in [0.717, 1.165) is 13.1 Å². The van der Waals surface area contributed by atoms with Gasteiger partial charge in [-0.3, -0.25) is 4.98 Å². The van der Waals surface area contributed by atoms with Crippen LogP contribution in [0.1, 0.15) is 11.3 Å². The Bertz CT molecular complexity index is 260. The lowest BCUT2D eigenvalue weighted by atomic mass is 10.2. The zero-order valence-corrected chi connectivity index (χ0v) is 7.55. The first kappa shape index (κ1) is 6.54. The molecule has 3 heteroatoms. The van der Waals surface area contributed by atoms with Gasteiger partial charge in [-0.1, -0.05) is 0 Å². The molecule has 0 atom stereocenters. The fourth-order valence-electron chi connectivity index (χ4n) is 1.15. The van der Waals surface area contributed by atoms with Crippen LogP contribution in [0.3, 0.4) is 0 Å². The van der Waals surface area contributed by atoms with Gasteiger partial charge in [0, 0.05) is 28.4 Å². The fourth-order valence-corrected chi connectivity index (χ4v) is 1.82. The molecule has 1 aromatic rings. The van der Waals surface area contributed by atoms with Gasteiger partial charge < -0.3 is 5.32 Å². The molecule has 52 valence electrons. The van der Waals surface area contributed by atoms with Gasteiger partial charge in [-0.15, -0.1) is 0 Å². The lowest BCUT2D eigenvalue weighted by Crippen LogP contribution is -2.00. The Labute approximate surface area is 73.2 Å². The molecule has 0 saturated carbocycles. The van der Waals surface area contributed by atoms with Gasteiger partial charge in [0.2, 0.25) is 0 Å². The van der Waals surface area contributed by atoms with E-state index in [0.29, 0.717) is 0 Å². The van der Waals surface area contributed by atoms with E-state index in [1.807, 2.05) is 12.3 Å². The molecule has 0 radical (unpaired) electrons. The van der Waals surface area contributed by atoms with Crippen molar-refractivity contribution in [2.45, 2.75) is 13.1 Å². The predicted molar refractivity (Wildman–Crippen MR) is 47.5 cm³/mol. The second-order valence-electron chi connectivity index (χ2n) is 2.32. The summed E-state index contributed by atoms with van der Waals surface area (Å²) in [5, 5.41) is 3.26. The summed E-state index contributed by atoms with van der Waals surface area (Å²) in [6, 6.07) is 2.05. The number of nitrogens with one attached hydrogen (secondary N) is 1. The predicted octanol–water partition coefficient (Wildman–Crippen LogP) is 1.29. The van der Waals surface area contributed by atoms with E-state index in [1.54, 1.807) is 0 Å². The van der Waals surface area contributed by atoms with Crippen LogP contribution in [0.2, 0.25) is 0 Å². The molecule has 0 unspecified atom stereocenters.